The van der Waals surface area contributed by atoms with E-state index in [9.17, 15) is 0 Å². The lowest BCUT2D eigenvalue weighted by molar-refractivity contribution is 0.223. The summed E-state index contributed by atoms with van der Waals surface area (Å²) in [4.78, 5) is 0. The van der Waals surface area contributed by atoms with E-state index < -0.39 is 0 Å². The first-order chi connectivity index (χ1) is 8.81. The van der Waals surface area contributed by atoms with Crippen LogP contribution in [0.4, 0.5) is 5.69 Å². The Kier molecular flexibility index (Phi) is 5.10. The fourth-order valence-electron chi connectivity index (χ4n) is 3.56. The monoisotopic (exact) mass is 245 g/mol. The fraction of sp³-hybridized carbons (Fsp3) is 0.647. The number of para-hydroxylation sites is 1. The normalized spacial score (nSPS) is 20.3. The molecule has 0 aliphatic heterocycles. The van der Waals surface area contributed by atoms with Gasteiger partial charge in [-0.3, -0.25) is 0 Å². The highest BCUT2D eigenvalue weighted by Gasteiger charge is 2.26. The first kappa shape index (κ1) is 13.5. The maximum atomic E-state index is 3.69. The topological polar surface area (TPSA) is 12.0 Å². The summed E-state index contributed by atoms with van der Waals surface area (Å²) in [6.45, 7) is 4.71. The zero-order chi connectivity index (χ0) is 12.8. The lowest BCUT2D eigenvalue weighted by atomic mass is 9.76. The molecule has 1 aliphatic rings. The number of hydrogen-bond donors (Lipinski definition) is 1. The van der Waals surface area contributed by atoms with Crippen molar-refractivity contribution in [2.24, 2.45) is 11.8 Å². The molecule has 0 heterocycles. The predicted octanol–water partition coefficient (Wildman–Crippen LogP) is 5.09. The van der Waals surface area contributed by atoms with Crippen LogP contribution in [0.2, 0.25) is 0 Å². The van der Waals surface area contributed by atoms with Gasteiger partial charge in [0.1, 0.15) is 0 Å². The molecule has 0 aromatic heterocycles. The zero-order valence-corrected chi connectivity index (χ0v) is 11.9. The number of anilines is 1. The lowest BCUT2D eigenvalue weighted by Gasteiger charge is -2.34. The molecular weight excluding hydrogens is 218 g/mol. The predicted molar refractivity (Wildman–Crippen MR) is 79.9 cm³/mol. The quantitative estimate of drug-likeness (QED) is 0.761. The number of nitrogens with one attached hydrogen (secondary N) is 1. The molecule has 0 unspecified atom stereocenters. The van der Waals surface area contributed by atoms with Gasteiger partial charge in [0.05, 0.1) is 0 Å². The van der Waals surface area contributed by atoms with Crippen molar-refractivity contribution >= 4 is 5.69 Å². The van der Waals surface area contributed by atoms with Crippen LogP contribution in [0.1, 0.15) is 52.4 Å². The molecule has 1 aromatic rings. The van der Waals surface area contributed by atoms with Gasteiger partial charge in [0.25, 0.3) is 0 Å². The van der Waals surface area contributed by atoms with Crippen LogP contribution < -0.4 is 5.32 Å². The van der Waals surface area contributed by atoms with Gasteiger partial charge in [0.2, 0.25) is 0 Å². The minimum absolute atomic E-state index is 0.584. The second kappa shape index (κ2) is 6.82. The molecule has 2 atom stereocenters. The molecule has 1 aliphatic carbocycles. The average molecular weight is 245 g/mol. The van der Waals surface area contributed by atoms with Crippen LogP contribution in [-0.2, 0) is 0 Å². The van der Waals surface area contributed by atoms with Gasteiger partial charge in [0.15, 0.2) is 0 Å². The van der Waals surface area contributed by atoms with Gasteiger partial charge in [-0.05, 0) is 30.9 Å². The van der Waals surface area contributed by atoms with Gasteiger partial charge in [-0.15, -0.1) is 0 Å². The summed E-state index contributed by atoms with van der Waals surface area (Å²) in [5.74, 6) is 1.76. The molecular formula is C17H27N. The minimum Gasteiger partial charge on any atom is -0.382 e. The maximum absolute atomic E-state index is 3.69. The van der Waals surface area contributed by atoms with Crippen molar-refractivity contribution in [1.29, 1.82) is 0 Å². The zero-order valence-electron chi connectivity index (χ0n) is 11.9. The van der Waals surface area contributed by atoms with Crippen LogP contribution in [0.15, 0.2) is 30.3 Å². The summed E-state index contributed by atoms with van der Waals surface area (Å²) >= 11 is 0. The van der Waals surface area contributed by atoms with E-state index in [1.807, 2.05) is 0 Å². The molecule has 2 rings (SSSR count). The van der Waals surface area contributed by atoms with Crippen molar-refractivity contribution in [1.82, 2.24) is 0 Å². The Bertz CT molecular complexity index is 327. The Morgan fingerprint density at radius 1 is 1.11 bits per heavy atom. The molecule has 18 heavy (non-hydrogen) atoms. The maximum Gasteiger partial charge on any atom is 0.0342 e. The third kappa shape index (κ3) is 3.51. The highest BCUT2D eigenvalue weighted by molar-refractivity contribution is 5.43. The van der Waals surface area contributed by atoms with Crippen LogP contribution in [0.5, 0.6) is 0 Å². The Labute approximate surface area is 112 Å². The second-order valence-corrected chi connectivity index (χ2v) is 5.77. The van der Waals surface area contributed by atoms with Crippen molar-refractivity contribution in [3.8, 4) is 0 Å². The van der Waals surface area contributed by atoms with Crippen LogP contribution in [0.3, 0.4) is 0 Å². The Balaban J connectivity index is 1.94. The van der Waals surface area contributed by atoms with Gasteiger partial charge in [-0.2, -0.15) is 0 Å². The SMILES string of the molecule is CC[C@@H](C1CCCCC1)[C@H](C)Nc1ccccc1. The van der Waals surface area contributed by atoms with Crippen molar-refractivity contribution < 1.29 is 0 Å². The molecule has 0 saturated heterocycles. The van der Waals surface area contributed by atoms with Crippen molar-refractivity contribution in [2.75, 3.05) is 5.32 Å². The van der Waals surface area contributed by atoms with Gasteiger partial charge in [-0.25, -0.2) is 0 Å². The first-order valence-corrected chi connectivity index (χ1v) is 7.63. The molecule has 0 bridgehead atoms. The second-order valence-electron chi connectivity index (χ2n) is 5.77. The summed E-state index contributed by atoms with van der Waals surface area (Å²) in [5, 5.41) is 3.69. The molecule has 1 fully saturated rings. The number of hydrogen-bond acceptors (Lipinski definition) is 1. The summed E-state index contributed by atoms with van der Waals surface area (Å²) in [7, 11) is 0. The molecule has 0 radical (unpaired) electrons. The van der Waals surface area contributed by atoms with Crippen molar-refractivity contribution in [2.45, 2.75) is 58.4 Å². The van der Waals surface area contributed by atoms with Crippen LogP contribution in [0.25, 0.3) is 0 Å². The molecule has 1 nitrogen and oxygen atoms in total. The minimum atomic E-state index is 0.584. The molecule has 0 spiro atoms. The van der Waals surface area contributed by atoms with E-state index in [-0.39, 0.29) is 0 Å². The van der Waals surface area contributed by atoms with Gasteiger partial charge in [0, 0.05) is 11.7 Å². The highest BCUT2D eigenvalue weighted by Crippen LogP contribution is 2.34. The van der Waals surface area contributed by atoms with Gasteiger partial charge >= 0.3 is 0 Å². The molecule has 1 aromatic carbocycles. The van der Waals surface area contributed by atoms with Crippen molar-refractivity contribution in [3.63, 3.8) is 0 Å². The van der Waals surface area contributed by atoms with Crippen LogP contribution in [0, 0.1) is 11.8 Å². The summed E-state index contributed by atoms with van der Waals surface area (Å²) in [5.41, 5.74) is 1.26. The first-order valence-electron chi connectivity index (χ1n) is 7.63. The Morgan fingerprint density at radius 2 is 1.78 bits per heavy atom. The molecule has 100 valence electrons. The summed E-state index contributed by atoms with van der Waals surface area (Å²) < 4.78 is 0. The van der Waals surface area contributed by atoms with Gasteiger partial charge < -0.3 is 5.32 Å². The molecule has 1 saturated carbocycles. The van der Waals surface area contributed by atoms with Gasteiger partial charge in [-0.1, -0.05) is 63.6 Å². The van der Waals surface area contributed by atoms with Crippen LogP contribution >= 0.6 is 0 Å². The highest BCUT2D eigenvalue weighted by atomic mass is 14.9. The average Bonchev–Trinajstić information content (AvgIpc) is 2.42. The molecule has 1 N–H and O–H groups in total. The van der Waals surface area contributed by atoms with E-state index in [2.05, 4.69) is 49.5 Å². The Morgan fingerprint density at radius 3 is 2.39 bits per heavy atom. The van der Waals surface area contributed by atoms with E-state index in [0.29, 0.717) is 6.04 Å². The van der Waals surface area contributed by atoms with E-state index >= 15 is 0 Å². The third-order valence-corrected chi connectivity index (χ3v) is 4.54. The summed E-state index contributed by atoms with van der Waals surface area (Å²) in [6, 6.07) is 11.2. The smallest absolute Gasteiger partial charge is 0.0342 e. The number of rotatable bonds is 5. The molecule has 0 amide bonds. The fourth-order valence-corrected chi connectivity index (χ4v) is 3.56. The third-order valence-electron chi connectivity index (χ3n) is 4.54. The van der Waals surface area contributed by atoms with E-state index in [1.54, 1.807) is 0 Å². The molecule has 1 heteroatoms. The van der Waals surface area contributed by atoms with E-state index in [4.69, 9.17) is 0 Å². The van der Waals surface area contributed by atoms with Crippen molar-refractivity contribution in [3.05, 3.63) is 30.3 Å². The number of benzene rings is 1. The standard InChI is InChI=1S/C17H27N/c1-3-17(15-10-6-4-7-11-15)14(2)18-16-12-8-5-9-13-16/h5,8-9,12-15,17-18H,3-4,6-7,10-11H2,1-2H3/t14-,17+/m0/s1. The summed E-state index contributed by atoms with van der Waals surface area (Å²) in [6.07, 6.45) is 8.52. The largest absolute Gasteiger partial charge is 0.382 e. The van der Waals surface area contributed by atoms with E-state index in [1.165, 1.54) is 44.2 Å². The Hall–Kier alpha value is -0.980. The van der Waals surface area contributed by atoms with Crippen LogP contribution in [-0.4, -0.2) is 6.04 Å². The lowest BCUT2D eigenvalue weighted by Crippen LogP contribution is -2.32. The van der Waals surface area contributed by atoms with E-state index in [0.717, 1.165) is 11.8 Å².